The number of thiazole rings is 1. The summed E-state index contributed by atoms with van der Waals surface area (Å²) in [6.07, 6.45) is 3.09. The molecule has 0 radical (unpaired) electrons. The van der Waals surface area contributed by atoms with Gasteiger partial charge in [0.05, 0.1) is 46.9 Å². The van der Waals surface area contributed by atoms with Gasteiger partial charge in [0.15, 0.2) is 0 Å². The predicted molar refractivity (Wildman–Crippen MR) is 270 cm³/mol. The van der Waals surface area contributed by atoms with E-state index in [1.807, 2.05) is 88.7 Å². The lowest BCUT2D eigenvalue weighted by molar-refractivity contribution is -0.147. The summed E-state index contributed by atoms with van der Waals surface area (Å²) in [5, 5.41) is 19.6. The van der Waals surface area contributed by atoms with Crippen molar-refractivity contribution in [2.24, 2.45) is 17.1 Å². The number of nitrogens with two attached hydrogens (primary N) is 1. The number of aliphatic hydroxyl groups excluding tert-OH is 1. The summed E-state index contributed by atoms with van der Waals surface area (Å²) in [7, 11) is 0. The monoisotopic (exact) mass is 999 g/mol. The number of primary amides is 1. The highest BCUT2D eigenvalue weighted by Crippen LogP contribution is 2.32. The quantitative estimate of drug-likeness (QED) is 0.0992. The second-order valence-electron chi connectivity index (χ2n) is 20.8. The van der Waals surface area contributed by atoms with Gasteiger partial charge in [-0.15, -0.1) is 11.3 Å². The van der Waals surface area contributed by atoms with Gasteiger partial charge in [0.1, 0.15) is 18.1 Å². The molecule has 3 saturated heterocycles. The lowest BCUT2D eigenvalue weighted by Gasteiger charge is -2.38. The summed E-state index contributed by atoms with van der Waals surface area (Å²) in [5.41, 5.74) is 11.5. The topological polar surface area (TPSA) is 234 Å². The molecule has 17 nitrogen and oxygen atoms in total. The second-order valence-corrected chi connectivity index (χ2v) is 21.6. The highest BCUT2D eigenvalue weighted by Gasteiger charge is 2.46. The van der Waals surface area contributed by atoms with Crippen molar-refractivity contribution in [1.82, 2.24) is 35.6 Å². The number of fused-ring (bicyclic) bond motifs is 1. The number of nitrogens with zero attached hydrogens (tertiary/aromatic N) is 4. The Labute approximate surface area is 422 Å². The molecule has 8 atom stereocenters. The Bertz CT molecular complexity index is 2350. The third-order valence-electron chi connectivity index (χ3n) is 14.1. The summed E-state index contributed by atoms with van der Waals surface area (Å²) in [4.78, 5) is 103. The number of rotatable bonds is 20. The number of amides is 7. The molecule has 0 bridgehead atoms. The molecule has 0 saturated carbocycles. The van der Waals surface area contributed by atoms with Crippen LogP contribution in [0.2, 0.25) is 0 Å². The molecule has 4 heterocycles. The number of aryl methyl sites for hydroxylation is 2. The Balaban J connectivity index is 0.946. The molecule has 3 aromatic rings. The van der Waals surface area contributed by atoms with Gasteiger partial charge in [0.2, 0.25) is 41.4 Å². The van der Waals surface area contributed by atoms with Crippen LogP contribution in [0.25, 0.3) is 10.4 Å². The van der Waals surface area contributed by atoms with Crippen LogP contribution in [-0.2, 0) is 57.9 Å². The van der Waals surface area contributed by atoms with Crippen LogP contribution >= 0.6 is 11.3 Å². The fourth-order valence-electron chi connectivity index (χ4n) is 9.88. The number of aromatic nitrogens is 1. The molecule has 0 spiro atoms. The van der Waals surface area contributed by atoms with Crippen LogP contribution in [0.4, 0.5) is 0 Å². The zero-order chi connectivity index (χ0) is 51.6. The molecule has 18 heteroatoms. The SMILES string of the molecule is CC(=O)N1CC[C@H]2CC[C@@H](C(=O)N[C@@H](CCC(N)=O)[C@@H](C)OCc3ccc(CCCCC(=O)N[C@H](C(=O)N4C[C@H](O)C[C@H]4C(=O)NCc4ccc(-c5scnc5C)cc4)C(C)(C)C)cc3)N2C(=O)[C@@H](C)C1. The summed E-state index contributed by atoms with van der Waals surface area (Å²) in [6, 6.07) is 12.7. The Kier molecular flexibility index (Phi) is 18.9. The van der Waals surface area contributed by atoms with Gasteiger partial charge in [0, 0.05) is 58.4 Å². The first-order valence-electron chi connectivity index (χ1n) is 25.1. The van der Waals surface area contributed by atoms with E-state index < -0.39 is 59.5 Å². The molecule has 3 aliphatic rings. The average molecular weight is 999 g/mol. The van der Waals surface area contributed by atoms with Gasteiger partial charge in [-0.3, -0.25) is 33.6 Å². The number of β-amino-alcohol motifs (C(OH)–C–C–N with tert-alkyl or cyclic N) is 1. The van der Waals surface area contributed by atoms with Crippen molar-refractivity contribution in [3.63, 3.8) is 0 Å². The van der Waals surface area contributed by atoms with E-state index in [4.69, 9.17) is 10.5 Å². The molecule has 7 amide bonds. The smallest absolute Gasteiger partial charge is 0.246 e. The van der Waals surface area contributed by atoms with Crippen molar-refractivity contribution in [2.75, 3.05) is 19.6 Å². The highest BCUT2D eigenvalue weighted by molar-refractivity contribution is 7.13. The van der Waals surface area contributed by atoms with E-state index in [9.17, 15) is 38.7 Å². The molecule has 6 rings (SSSR count). The van der Waals surface area contributed by atoms with Gasteiger partial charge in [-0.05, 0) is 86.5 Å². The molecule has 386 valence electrons. The molecular weight excluding hydrogens is 925 g/mol. The summed E-state index contributed by atoms with van der Waals surface area (Å²) in [5.74, 6) is -2.46. The zero-order valence-corrected chi connectivity index (χ0v) is 43.2. The number of ether oxygens (including phenoxy) is 1. The van der Waals surface area contributed by atoms with Gasteiger partial charge in [0.25, 0.3) is 0 Å². The number of aliphatic hydroxyl groups is 1. The van der Waals surface area contributed by atoms with Crippen molar-refractivity contribution in [1.29, 1.82) is 0 Å². The molecule has 0 aliphatic carbocycles. The number of likely N-dealkylation sites (tertiary alicyclic amines) is 1. The number of carbonyl (C=O) groups is 7. The Morgan fingerprint density at radius 3 is 2.24 bits per heavy atom. The van der Waals surface area contributed by atoms with Crippen molar-refractivity contribution < 1.29 is 43.4 Å². The van der Waals surface area contributed by atoms with Crippen molar-refractivity contribution in [2.45, 2.75) is 168 Å². The molecule has 3 aliphatic heterocycles. The van der Waals surface area contributed by atoms with E-state index >= 15 is 0 Å². The van der Waals surface area contributed by atoms with Crippen LogP contribution in [0.15, 0.2) is 54.0 Å². The van der Waals surface area contributed by atoms with E-state index in [0.717, 1.165) is 45.7 Å². The summed E-state index contributed by atoms with van der Waals surface area (Å²) >= 11 is 1.57. The third kappa shape index (κ3) is 14.7. The van der Waals surface area contributed by atoms with E-state index in [1.165, 1.54) is 11.8 Å². The first-order chi connectivity index (χ1) is 33.7. The maximum absolute atomic E-state index is 14.1. The molecule has 6 N–H and O–H groups in total. The minimum atomic E-state index is -0.911. The number of carbonyl (C=O) groups excluding carboxylic acids is 7. The average Bonchev–Trinajstić information content (AvgIpc) is 4.07. The van der Waals surface area contributed by atoms with E-state index in [2.05, 4.69) is 20.9 Å². The van der Waals surface area contributed by atoms with Crippen LogP contribution in [0.3, 0.4) is 0 Å². The first kappa shape index (κ1) is 54.6. The van der Waals surface area contributed by atoms with Gasteiger partial charge >= 0.3 is 0 Å². The summed E-state index contributed by atoms with van der Waals surface area (Å²) < 4.78 is 6.25. The van der Waals surface area contributed by atoms with Crippen LogP contribution in [-0.4, -0.2) is 128 Å². The zero-order valence-electron chi connectivity index (χ0n) is 42.4. The largest absolute Gasteiger partial charge is 0.391 e. The number of hydrogen-bond acceptors (Lipinski definition) is 11. The van der Waals surface area contributed by atoms with Crippen LogP contribution in [0.5, 0.6) is 0 Å². The minimum absolute atomic E-state index is 0.00356. The number of benzene rings is 2. The second kappa shape index (κ2) is 24.6. The van der Waals surface area contributed by atoms with Crippen LogP contribution < -0.4 is 21.7 Å². The molecular formula is C53H74N8O9S. The molecule has 2 aromatic carbocycles. The van der Waals surface area contributed by atoms with Gasteiger partial charge in [-0.25, -0.2) is 4.98 Å². The van der Waals surface area contributed by atoms with Crippen molar-refractivity contribution in [3.8, 4) is 10.4 Å². The highest BCUT2D eigenvalue weighted by atomic mass is 32.1. The fraction of sp³-hybridized carbons (Fsp3) is 0.585. The number of unbranched alkanes of at least 4 members (excludes halogenated alkanes) is 1. The minimum Gasteiger partial charge on any atom is -0.391 e. The van der Waals surface area contributed by atoms with Crippen LogP contribution in [0, 0.1) is 18.3 Å². The molecule has 3 fully saturated rings. The van der Waals surface area contributed by atoms with Gasteiger partial charge in [-0.1, -0.05) is 76.2 Å². The van der Waals surface area contributed by atoms with E-state index in [1.54, 1.807) is 28.1 Å². The van der Waals surface area contributed by atoms with Crippen molar-refractivity contribution in [3.05, 3.63) is 76.4 Å². The van der Waals surface area contributed by atoms with Crippen molar-refractivity contribution >= 4 is 52.7 Å². The maximum Gasteiger partial charge on any atom is 0.246 e. The lowest BCUT2D eigenvalue weighted by Crippen LogP contribution is -2.57. The standard InChI is InChI=1S/C53H74N8O9S/c1-32-28-59(35(4)62)25-24-40-20-22-43(61(40)51(32)68)50(67)57-42(21-23-45(54)64)34(3)70-30-38-14-12-36(13-15-38)10-8-9-11-46(65)58-48(53(5,6)7)52(69)60-29-41(63)26-44(60)49(66)55-27-37-16-18-39(19-17-37)47-33(2)56-31-71-47/h12-19,31-32,34,40-44,48,63H,8-11,20-30H2,1-7H3,(H2,54,64)(H,55,66)(H,57,67)(H,58,65)/t32-,34+,40+,41+,42-,43-,44-,48+/m0/s1. The number of nitrogens with one attached hydrogen (secondary N) is 3. The van der Waals surface area contributed by atoms with E-state index in [0.29, 0.717) is 38.8 Å². The normalized spacial score (nSPS) is 21.7. The Morgan fingerprint density at radius 1 is 0.901 bits per heavy atom. The van der Waals surface area contributed by atoms with Gasteiger partial charge < -0.3 is 46.2 Å². The first-order valence-corrected chi connectivity index (χ1v) is 26.0. The fourth-order valence-corrected chi connectivity index (χ4v) is 10.7. The Morgan fingerprint density at radius 2 is 1.59 bits per heavy atom. The maximum atomic E-state index is 14.1. The molecule has 0 unspecified atom stereocenters. The molecule has 71 heavy (non-hydrogen) atoms. The predicted octanol–water partition coefficient (Wildman–Crippen LogP) is 4.54. The van der Waals surface area contributed by atoms with E-state index in [-0.39, 0.29) is 81.0 Å². The Hall–Kier alpha value is -5.72. The van der Waals surface area contributed by atoms with Gasteiger partial charge in [-0.2, -0.15) is 0 Å². The third-order valence-corrected chi connectivity index (χ3v) is 15.1. The van der Waals surface area contributed by atoms with Crippen LogP contribution in [0.1, 0.15) is 122 Å². The number of hydrogen-bond donors (Lipinski definition) is 5. The lowest BCUT2D eigenvalue weighted by atomic mass is 9.85. The summed E-state index contributed by atoms with van der Waals surface area (Å²) in [6.45, 7) is 14.1. The molecule has 1 aromatic heterocycles.